The lowest BCUT2D eigenvalue weighted by Crippen LogP contribution is -2.37. The van der Waals surface area contributed by atoms with E-state index in [1.807, 2.05) is 12.1 Å². The lowest BCUT2D eigenvalue weighted by molar-refractivity contribution is 0.613. The molecular formula is C12H15N3O. The summed E-state index contributed by atoms with van der Waals surface area (Å²) in [6.45, 7) is 3.12. The third-order valence-corrected chi connectivity index (χ3v) is 3.45. The molecule has 1 aliphatic rings. The van der Waals surface area contributed by atoms with Crippen molar-refractivity contribution in [3.8, 4) is 0 Å². The van der Waals surface area contributed by atoms with Crippen LogP contribution in [0.5, 0.6) is 0 Å². The van der Waals surface area contributed by atoms with Gasteiger partial charge in [0.05, 0.1) is 11.6 Å². The molecule has 0 aliphatic carbocycles. The molecule has 3 rings (SSSR count). The molecule has 1 fully saturated rings. The normalized spacial score (nSPS) is 25.5. The van der Waals surface area contributed by atoms with Crippen LogP contribution in [-0.2, 0) is 0 Å². The fourth-order valence-electron chi connectivity index (χ4n) is 2.37. The van der Waals surface area contributed by atoms with Gasteiger partial charge in [0.2, 0.25) is 0 Å². The number of furan rings is 1. The minimum absolute atomic E-state index is 0.240. The fourth-order valence-corrected chi connectivity index (χ4v) is 2.37. The number of fused-ring (bicyclic) bond motifs is 1. The van der Waals surface area contributed by atoms with Crippen molar-refractivity contribution in [2.75, 3.05) is 11.4 Å². The second-order valence-corrected chi connectivity index (χ2v) is 4.35. The number of hydrogen-bond donors (Lipinski definition) is 1. The maximum atomic E-state index is 6.03. The summed E-state index contributed by atoms with van der Waals surface area (Å²) in [6.07, 6.45) is 4.52. The standard InChI is InChI=1S/C12H15N3O/c1-8-10(13)3-6-15(8)12-9-4-7-16-11(9)2-5-14-12/h2,4-5,7-8,10H,3,6,13H2,1H3. The first-order chi connectivity index (χ1) is 7.77. The van der Waals surface area contributed by atoms with Gasteiger partial charge in [0.25, 0.3) is 0 Å². The molecule has 0 bridgehead atoms. The minimum Gasteiger partial charge on any atom is -0.464 e. The molecule has 2 aromatic heterocycles. The number of nitrogens with two attached hydrogens (primary N) is 1. The maximum absolute atomic E-state index is 6.03. The van der Waals surface area contributed by atoms with E-state index in [0.29, 0.717) is 6.04 Å². The van der Waals surface area contributed by atoms with Crippen molar-refractivity contribution in [1.29, 1.82) is 0 Å². The Morgan fingerprint density at radius 1 is 1.50 bits per heavy atom. The van der Waals surface area contributed by atoms with Gasteiger partial charge in [-0.25, -0.2) is 4.98 Å². The highest BCUT2D eigenvalue weighted by atomic mass is 16.3. The zero-order valence-electron chi connectivity index (χ0n) is 9.26. The molecule has 4 heteroatoms. The zero-order chi connectivity index (χ0) is 11.1. The number of aromatic nitrogens is 1. The van der Waals surface area contributed by atoms with E-state index in [-0.39, 0.29) is 6.04 Å². The second kappa shape index (κ2) is 3.49. The quantitative estimate of drug-likeness (QED) is 0.790. The minimum atomic E-state index is 0.240. The molecule has 0 amide bonds. The molecule has 0 saturated carbocycles. The predicted molar refractivity (Wildman–Crippen MR) is 63.4 cm³/mol. The van der Waals surface area contributed by atoms with Crippen LogP contribution in [0.2, 0.25) is 0 Å². The van der Waals surface area contributed by atoms with Crippen LogP contribution in [-0.4, -0.2) is 23.6 Å². The summed E-state index contributed by atoms with van der Waals surface area (Å²) in [7, 11) is 0. The number of rotatable bonds is 1. The van der Waals surface area contributed by atoms with Crippen molar-refractivity contribution >= 4 is 16.8 Å². The molecule has 1 aliphatic heterocycles. The number of nitrogens with zero attached hydrogens (tertiary/aromatic N) is 2. The Hall–Kier alpha value is -1.55. The molecule has 2 atom stereocenters. The van der Waals surface area contributed by atoms with Gasteiger partial charge in [0, 0.05) is 24.8 Å². The van der Waals surface area contributed by atoms with Crippen molar-refractivity contribution in [2.45, 2.75) is 25.4 Å². The van der Waals surface area contributed by atoms with Crippen LogP contribution in [0.15, 0.2) is 29.0 Å². The number of anilines is 1. The van der Waals surface area contributed by atoms with Crippen molar-refractivity contribution in [3.05, 3.63) is 24.6 Å². The summed E-state index contributed by atoms with van der Waals surface area (Å²) >= 11 is 0. The lowest BCUT2D eigenvalue weighted by atomic mass is 10.1. The molecule has 0 aromatic carbocycles. The molecule has 16 heavy (non-hydrogen) atoms. The number of pyridine rings is 1. The van der Waals surface area contributed by atoms with Crippen LogP contribution >= 0.6 is 0 Å². The topological polar surface area (TPSA) is 55.3 Å². The van der Waals surface area contributed by atoms with Crippen LogP contribution in [0.3, 0.4) is 0 Å². The highest BCUT2D eigenvalue weighted by Crippen LogP contribution is 2.30. The Labute approximate surface area is 94.0 Å². The van der Waals surface area contributed by atoms with Gasteiger partial charge in [-0.1, -0.05) is 0 Å². The van der Waals surface area contributed by atoms with E-state index in [9.17, 15) is 0 Å². The molecule has 0 radical (unpaired) electrons. The Balaban J connectivity index is 2.09. The molecule has 2 aromatic rings. The fraction of sp³-hybridized carbons (Fsp3) is 0.417. The van der Waals surface area contributed by atoms with Crippen LogP contribution < -0.4 is 10.6 Å². The summed E-state index contributed by atoms with van der Waals surface area (Å²) in [5, 5.41) is 1.07. The Kier molecular flexibility index (Phi) is 2.11. The zero-order valence-corrected chi connectivity index (χ0v) is 9.26. The molecule has 3 heterocycles. The number of hydrogen-bond acceptors (Lipinski definition) is 4. The van der Waals surface area contributed by atoms with Gasteiger partial charge < -0.3 is 15.1 Å². The molecule has 2 N–H and O–H groups in total. The summed E-state index contributed by atoms with van der Waals surface area (Å²) in [5.74, 6) is 0.992. The van der Waals surface area contributed by atoms with Gasteiger partial charge in [-0.3, -0.25) is 0 Å². The van der Waals surface area contributed by atoms with Crippen molar-refractivity contribution in [2.24, 2.45) is 5.73 Å². The average Bonchev–Trinajstić information content (AvgIpc) is 2.87. The molecule has 4 nitrogen and oxygen atoms in total. The van der Waals surface area contributed by atoms with Crippen LogP contribution in [0.4, 0.5) is 5.82 Å². The van der Waals surface area contributed by atoms with Gasteiger partial charge in [0.15, 0.2) is 0 Å². The van der Waals surface area contributed by atoms with Crippen molar-refractivity contribution < 1.29 is 4.42 Å². The smallest absolute Gasteiger partial charge is 0.139 e. The van der Waals surface area contributed by atoms with E-state index < -0.39 is 0 Å². The summed E-state index contributed by atoms with van der Waals surface area (Å²) in [4.78, 5) is 6.72. The molecule has 0 spiro atoms. The summed E-state index contributed by atoms with van der Waals surface area (Å²) in [5.41, 5.74) is 6.92. The van der Waals surface area contributed by atoms with Gasteiger partial charge >= 0.3 is 0 Å². The van der Waals surface area contributed by atoms with E-state index in [2.05, 4.69) is 16.8 Å². The highest BCUT2D eigenvalue weighted by Gasteiger charge is 2.29. The van der Waals surface area contributed by atoms with Crippen molar-refractivity contribution in [3.63, 3.8) is 0 Å². The first-order valence-electron chi connectivity index (χ1n) is 5.62. The molecule has 1 saturated heterocycles. The molecule has 2 unspecified atom stereocenters. The second-order valence-electron chi connectivity index (χ2n) is 4.35. The van der Waals surface area contributed by atoms with Crippen LogP contribution in [0.1, 0.15) is 13.3 Å². The molecular weight excluding hydrogens is 202 g/mol. The monoisotopic (exact) mass is 217 g/mol. The van der Waals surface area contributed by atoms with E-state index >= 15 is 0 Å². The van der Waals surface area contributed by atoms with Crippen LogP contribution in [0.25, 0.3) is 11.0 Å². The Morgan fingerprint density at radius 3 is 3.12 bits per heavy atom. The highest BCUT2D eigenvalue weighted by molar-refractivity contribution is 5.88. The molecule has 84 valence electrons. The third kappa shape index (κ3) is 1.30. The average molecular weight is 217 g/mol. The largest absolute Gasteiger partial charge is 0.464 e. The maximum Gasteiger partial charge on any atom is 0.139 e. The van der Waals surface area contributed by atoms with Gasteiger partial charge in [-0.15, -0.1) is 0 Å². The summed E-state index contributed by atoms with van der Waals surface area (Å²) in [6, 6.07) is 4.44. The van der Waals surface area contributed by atoms with Gasteiger partial charge in [0.1, 0.15) is 11.4 Å². The lowest BCUT2D eigenvalue weighted by Gasteiger charge is -2.24. The predicted octanol–water partition coefficient (Wildman–Crippen LogP) is 1.75. The van der Waals surface area contributed by atoms with E-state index in [1.165, 1.54) is 0 Å². The third-order valence-electron chi connectivity index (χ3n) is 3.45. The van der Waals surface area contributed by atoms with E-state index in [0.717, 1.165) is 29.8 Å². The van der Waals surface area contributed by atoms with Gasteiger partial charge in [-0.05, 0) is 25.5 Å². The van der Waals surface area contributed by atoms with Crippen molar-refractivity contribution in [1.82, 2.24) is 4.98 Å². The first-order valence-corrected chi connectivity index (χ1v) is 5.62. The Morgan fingerprint density at radius 2 is 2.38 bits per heavy atom. The van der Waals surface area contributed by atoms with Gasteiger partial charge in [-0.2, -0.15) is 0 Å². The van der Waals surface area contributed by atoms with E-state index in [4.69, 9.17) is 10.2 Å². The van der Waals surface area contributed by atoms with E-state index in [1.54, 1.807) is 12.5 Å². The SMILES string of the molecule is CC1C(N)CCN1c1nccc2occc12. The van der Waals surface area contributed by atoms with Crippen LogP contribution in [0, 0.1) is 0 Å². The first kappa shape index (κ1) is 9.66. The summed E-state index contributed by atoms with van der Waals surface area (Å²) < 4.78 is 5.38. The Bertz CT molecular complexity index is 508.